The summed E-state index contributed by atoms with van der Waals surface area (Å²) in [6, 6.07) is 14.3. The fourth-order valence-electron chi connectivity index (χ4n) is 2.84. The van der Waals surface area contributed by atoms with Crippen LogP contribution in [-0.2, 0) is 14.3 Å². The van der Waals surface area contributed by atoms with Crippen LogP contribution < -0.4 is 21.9 Å². The number of nitrogens with zero attached hydrogens (tertiary/aromatic N) is 1. The van der Waals surface area contributed by atoms with Crippen LogP contribution in [0.1, 0.15) is 28.8 Å². The highest BCUT2D eigenvalue weighted by atomic mass is 32.2. The van der Waals surface area contributed by atoms with Crippen molar-refractivity contribution in [3.05, 3.63) is 59.7 Å². The number of esters is 1. The zero-order valence-corrected chi connectivity index (χ0v) is 19.5. The first-order chi connectivity index (χ1) is 15.9. The smallest absolute Gasteiger partial charge is 0.307 e. The van der Waals surface area contributed by atoms with Crippen molar-refractivity contribution in [2.45, 2.75) is 30.7 Å². The maximum Gasteiger partial charge on any atom is 0.307 e. The summed E-state index contributed by atoms with van der Waals surface area (Å²) in [5.41, 5.74) is 4.36. The van der Waals surface area contributed by atoms with Crippen LogP contribution in [0, 0.1) is 6.92 Å². The molecule has 0 aliphatic rings. The Balaban J connectivity index is 1.86. The van der Waals surface area contributed by atoms with Gasteiger partial charge in [-0.15, -0.1) is 11.8 Å². The highest BCUT2D eigenvalue weighted by Gasteiger charge is 2.18. The van der Waals surface area contributed by atoms with Crippen LogP contribution in [0.4, 0.5) is 5.69 Å². The van der Waals surface area contributed by atoms with E-state index in [-0.39, 0.29) is 18.9 Å². The second kappa shape index (κ2) is 13.9. The van der Waals surface area contributed by atoms with Gasteiger partial charge in [0.2, 0.25) is 5.91 Å². The molecule has 0 fully saturated rings. The normalized spacial score (nSPS) is 11.6. The lowest BCUT2D eigenvalue weighted by Crippen LogP contribution is -2.43. The molecule has 0 spiro atoms. The van der Waals surface area contributed by atoms with E-state index in [1.54, 1.807) is 36.0 Å². The van der Waals surface area contributed by atoms with E-state index in [1.807, 2.05) is 31.2 Å². The minimum absolute atomic E-state index is 0.0554. The van der Waals surface area contributed by atoms with Crippen molar-refractivity contribution in [1.82, 2.24) is 16.1 Å². The van der Waals surface area contributed by atoms with Gasteiger partial charge in [-0.2, -0.15) is 0 Å². The molecule has 10 heteroatoms. The van der Waals surface area contributed by atoms with Crippen LogP contribution in [0.3, 0.4) is 0 Å². The van der Waals surface area contributed by atoms with Gasteiger partial charge >= 0.3 is 5.97 Å². The number of hydrogen-bond donors (Lipinski definition) is 4. The van der Waals surface area contributed by atoms with E-state index < -0.39 is 17.9 Å². The third-order valence-electron chi connectivity index (χ3n) is 4.57. The lowest BCUT2D eigenvalue weighted by molar-refractivity contribution is -0.141. The molecule has 0 aromatic heterocycles. The third kappa shape index (κ3) is 9.75. The number of ether oxygens (including phenoxy) is 1. The van der Waals surface area contributed by atoms with Gasteiger partial charge in [0.05, 0.1) is 25.8 Å². The van der Waals surface area contributed by atoms with Crippen LogP contribution in [0.25, 0.3) is 0 Å². The molecule has 0 radical (unpaired) electrons. The largest absolute Gasteiger partial charge is 0.469 e. The van der Waals surface area contributed by atoms with E-state index in [0.717, 1.165) is 4.90 Å². The predicted molar refractivity (Wildman–Crippen MR) is 129 cm³/mol. The second-order valence-electron chi connectivity index (χ2n) is 7.15. The number of thioether (sulfide) groups is 1. The fourth-order valence-corrected chi connectivity index (χ4v) is 3.81. The molecule has 1 atom stereocenters. The first-order valence-corrected chi connectivity index (χ1v) is 11.3. The molecule has 0 saturated carbocycles. The molecule has 0 bridgehead atoms. The first-order valence-electron chi connectivity index (χ1n) is 10.3. The van der Waals surface area contributed by atoms with Gasteiger partial charge in [0, 0.05) is 16.5 Å². The lowest BCUT2D eigenvalue weighted by atomic mass is 10.1. The number of carbonyl (C=O) groups is 3. The molecule has 1 unspecified atom stereocenters. The van der Waals surface area contributed by atoms with E-state index in [1.165, 1.54) is 19.0 Å². The molecule has 0 aliphatic carbocycles. The van der Waals surface area contributed by atoms with Gasteiger partial charge in [0.1, 0.15) is 6.34 Å². The summed E-state index contributed by atoms with van der Waals surface area (Å²) in [5.74, 6) is 4.64. The van der Waals surface area contributed by atoms with Gasteiger partial charge < -0.3 is 20.8 Å². The summed E-state index contributed by atoms with van der Waals surface area (Å²) in [6.07, 6.45) is 1.92. The molecule has 0 aliphatic heterocycles. The van der Waals surface area contributed by atoms with Crippen molar-refractivity contribution in [2.24, 2.45) is 10.8 Å². The molecule has 5 N–H and O–H groups in total. The lowest BCUT2D eigenvalue weighted by Gasteiger charge is -2.18. The number of benzene rings is 2. The Morgan fingerprint density at radius 1 is 1.18 bits per heavy atom. The van der Waals surface area contributed by atoms with Crippen LogP contribution in [0.15, 0.2) is 58.4 Å². The summed E-state index contributed by atoms with van der Waals surface area (Å²) >= 11 is 1.64. The Bertz CT molecular complexity index is 966. The number of nitrogens with two attached hydrogens (primary N) is 1. The Morgan fingerprint density at radius 2 is 1.94 bits per heavy atom. The summed E-state index contributed by atoms with van der Waals surface area (Å²) in [4.78, 5) is 41.7. The summed E-state index contributed by atoms with van der Waals surface area (Å²) in [7, 11) is 1.31. The molecule has 9 nitrogen and oxygen atoms in total. The van der Waals surface area contributed by atoms with Crippen molar-refractivity contribution in [1.29, 1.82) is 0 Å². The second-order valence-corrected chi connectivity index (χ2v) is 8.32. The molecular formula is C23H29N5O4S. The molecule has 2 amide bonds. The van der Waals surface area contributed by atoms with E-state index in [4.69, 9.17) is 10.6 Å². The van der Waals surface area contributed by atoms with Crippen molar-refractivity contribution >= 4 is 41.6 Å². The molecule has 2 aromatic carbocycles. The van der Waals surface area contributed by atoms with Gasteiger partial charge in [0.25, 0.3) is 5.91 Å². The third-order valence-corrected chi connectivity index (χ3v) is 5.61. The quantitative estimate of drug-likeness (QED) is 0.0929. The first kappa shape index (κ1) is 25.9. The number of nitrogens with one attached hydrogen (secondary N) is 3. The molecular weight excluding hydrogens is 442 g/mol. The highest BCUT2D eigenvalue weighted by molar-refractivity contribution is 7.99. The molecule has 2 aromatic rings. The van der Waals surface area contributed by atoms with E-state index in [0.29, 0.717) is 23.4 Å². The topological polar surface area (TPSA) is 135 Å². The molecule has 0 heterocycles. The SMILES string of the molecule is COC(=O)CC(CCSc1ccc(C)cc1)NC(=O)CNC(=O)c1cccc(N=CNN)c1. The van der Waals surface area contributed by atoms with Crippen LogP contribution >= 0.6 is 11.8 Å². The van der Waals surface area contributed by atoms with Crippen LogP contribution in [0.2, 0.25) is 0 Å². The highest BCUT2D eigenvalue weighted by Crippen LogP contribution is 2.20. The monoisotopic (exact) mass is 471 g/mol. The maximum absolute atomic E-state index is 12.4. The number of rotatable bonds is 12. The number of hydrazine groups is 1. The van der Waals surface area contributed by atoms with Crippen molar-refractivity contribution in [3.8, 4) is 0 Å². The Kier molecular flexibility index (Phi) is 10.9. The number of aryl methyl sites for hydroxylation is 1. The van der Waals surface area contributed by atoms with Crippen LogP contribution in [0.5, 0.6) is 0 Å². The van der Waals surface area contributed by atoms with E-state index in [9.17, 15) is 14.4 Å². The maximum atomic E-state index is 12.4. The molecule has 176 valence electrons. The Morgan fingerprint density at radius 3 is 2.64 bits per heavy atom. The zero-order chi connectivity index (χ0) is 24.1. The molecule has 33 heavy (non-hydrogen) atoms. The fraction of sp³-hybridized carbons (Fsp3) is 0.304. The summed E-state index contributed by atoms with van der Waals surface area (Å²) < 4.78 is 4.74. The summed E-state index contributed by atoms with van der Waals surface area (Å²) in [5, 5.41) is 5.39. The van der Waals surface area contributed by atoms with Crippen molar-refractivity contribution < 1.29 is 19.1 Å². The average Bonchev–Trinajstić information content (AvgIpc) is 2.82. The number of amides is 2. The van der Waals surface area contributed by atoms with Gasteiger partial charge in [-0.3, -0.25) is 14.4 Å². The minimum Gasteiger partial charge on any atom is -0.469 e. The minimum atomic E-state index is -0.414. The number of carbonyl (C=O) groups excluding carboxylic acids is 3. The molecule has 2 rings (SSSR count). The van der Waals surface area contributed by atoms with Crippen LogP contribution in [-0.4, -0.2) is 49.6 Å². The van der Waals surface area contributed by atoms with Crippen molar-refractivity contribution in [3.63, 3.8) is 0 Å². The number of hydrogen-bond acceptors (Lipinski definition) is 7. The van der Waals surface area contributed by atoms with Gasteiger partial charge in [0.15, 0.2) is 0 Å². The predicted octanol–water partition coefficient (Wildman–Crippen LogP) is 2.08. The zero-order valence-electron chi connectivity index (χ0n) is 18.7. The van der Waals surface area contributed by atoms with Gasteiger partial charge in [-0.05, 0) is 49.4 Å². The van der Waals surface area contributed by atoms with Crippen molar-refractivity contribution in [2.75, 3.05) is 19.4 Å². The van der Waals surface area contributed by atoms with E-state index in [2.05, 4.69) is 21.1 Å². The Labute approximate surface area is 197 Å². The number of methoxy groups -OCH3 is 1. The van der Waals surface area contributed by atoms with Gasteiger partial charge in [-0.25, -0.2) is 10.8 Å². The number of aliphatic imine (C=N–C) groups is 1. The Hall–Kier alpha value is -3.37. The standard InChI is InChI=1S/C23H29N5O4S/c1-16-6-8-20(9-7-16)33-11-10-19(13-22(30)32-2)28-21(29)14-25-23(31)17-4-3-5-18(12-17)26-15-27-24/h3-9,12,15,19H,10-11,13-14,24H2,1-2H3,(H,25,31)(H,26,27)(H,28,29). The summed E-state index contributed by atoms with van der Waals surface area (Å²) in [6.45, 7) is 1.80. The molecule has 0 saturated heterocycles. The average molecular weight is 472 g/mol. The van der Waals surface area contributed by atoms with Gasteiger partial charge in [-0.1, -0.05) is 23.8 Å². The van der Waals surface area contributed by atoms with E-state index >= 15 is 0 Å².